The summed E-state index contributed by atoms with van der Waals surface area (Å²) in [6, 6.07) is 24.1. The average Bonchev–Trinajstić information content (AvgIpc) is 2.80. The molecule has 1 heterocycles. The highest BCUT2D eigenvalue weighted by atomic mass is 16.5. The maximum Gasteiger partial charge on any atom is 0.167 e. The fourth-order valence-corrected chi connectivity index (χ4v) is 3.78. The summed E-state index contributed by atoms with van der Waals surface area (Å²) in [6.45, 7) is 4.01. The number of nitrogens with zero attached hydrogens (tertiary/aromatic N) is 1. The summed E-state index contributed by atoms with van der Waals surface area (Å²) in [5, 5.41) is 3.36. The Morgan fingerprint density at radius 2 is 1.69 bits per heavy atom. The van der Waals surface area contributed by atoms with Crippen LogP contribution in [0.3, 0.4) is 0 Å². The van der Waals surface area contributed by atoms with Crippen molar-refractivity contribution >= 4 is 11.5 Å². The molecule has 4 nitrogen and oxygen atoms in total. The van der Waals surface area contributed by atoms with Gasteiger partial charge in [0.05, 0.1) is 7.11 Å². The largest absolute Gasteiger partial charge is 0.496 e. The van der Waals surface area contributed by atoms with Crippen LogP contribution in [0.15, 0.2) is 72.8 Å². The fraction of sp³-hybridized carbons (Fsp3) is 0.240. The summed E-state index contributed by atoms with van der Waals surface area (Å²) in [7, 11) is 1.67. The van der Waals surface area contributed by atoms with Gasteiger partial charge in [0.2, 0.25) is 0 Å². The molecule has 0 aliphatic carbocycles. The van der Waals surface area contributed by atoms with E-state index in [4.69, 9.17) is 4.74 Å². The second kappa shape index (κ2) is 8.93. The van der Waals surface area contributed by atoms with Crippen molar-refractivity contribution in [3.63, 3.8) is 0 Å². The van der Waals surface area contributed by atoms with E-state index in [0.717, 1.165) is 54.2 Å². The van der Waals surface area contributed by atoms with Gasteiger partial charge in [0.15, 0.2) is 5.78 Å². The smallest absolute Gasteiger partial charge is 0.167 e. The number of carbonyl (C=O) groups is 1. The Kier molecular flexibility index (Phi) is 5.92. The third-order valence-corrected chi connectivity index (χ3v) is 5.38. The Labute approximate surface area is 172 Å². The van der Waals surface area contributed by atoms with Gasteiger partial charge in [-0.05, 0) is 47.5 Å². The van der Waals surface area contributed by atoms with Crippen molar-refractivity contribution in [3.05, 3.63) is 83.9 Å². The van der Waals surface area contributed by atoms with Crippen molar-refractivity contribution in [1.82, 2.24) is 5.32 Å². The van der Waals surface area contributed by atoms with Crippen LogP contribution in [0.1, 0.15) is 15.9 Å². The van der Waals surface area contributed by atoms with Crippen LogP contribution in [-0.4, -0.2) is 39.1 Å². The predicted molar refractivity (Wildman–Crippen MR) is 118 cm³/mol. The van der Waals surface area contributed by atoms with Gasteiger partial charge in [0.1, 0.15) is 5.75 Å². The van der Waals surface area contributed by atoms with E-state index in [0.29, 0.717) is 6.42 Å². The van der Waals surface area contributed by atoms with Gasteiger partial charge in [-0.15, -0.1) is 0 Å². The van der Waals surface area contributed by atoms with Gasteiger partial charge in [-0.25, -0.2) is 0 Å². The molecular formula is C25H26N2O2. The fourth-order valence-electron chi connectivity index (χ4n) is 3.78. The molecule has 0 amide bonds. The van der Waals surface area contributed by atoms with Gasteiger partial charge < -0.3 is 15.0 Å². The van der Waals surface area contributed by atoms with Crippen LogP contribution in [-0.2, 0) is 6.42 Å². The third-order valence-electron chi connectivity index (χ3n) is 5.38. The first-order valence-electron chi connectivity index (χ1n) is 10.1. The lowest BCUT2D eigenvalue weighted by Crippen LogP contribution is -2.43. The van der Waals surface area contributed by atoms with Crippen molar-refractivity contribution in [2.45, 2.75) is 6.42 Å². The number of benzene rings is 3. The van der Waals surface area contributed by atoms with Crippen LogP contribution in [0.4, 0.5) is 5.69 Å². The second-order valence-electron chi connectivity index (χ2n) is 7.28. The van der Waals surface area contributed by atoms with E-state index in [1.165, 1.54) is 5.69 Å². The molecule has 3 aromatic rings. The molecule has 3 aromatic carbocycles. The lowest BCUT2D eigenvalue weighted by atomic mass is 9.97. The first-order valence-corrected chi connectivity index (χ1v) is 10.1. The van der Waals surface area contributed by atoms with Gasteiger partial charge in [-0.3, -0.25) is 4.79 Å². The Balaban J connectivity index is 1.51. The predicted octanol–water partition coefficient (Wildman–Crippen LogP) is 4.20. The molecule has 148 valence electrons. The van der Waals surface area contributed by atoms with Crippen molar-refractivity contribution in [2.75, 3.05) is 38.2 Å². The number of hydrogen-bond donors (Lipinski definition) is 1. The maximum absolute atomic E-state index is 12.8. The van der Waals surface area contributed by atoms with E-state index in [2.05, 4.69) is 40.5 Å². The zero-order valence-electron chi connectivity index (χ0n) is 16.7. The van der Waals surface area contributed by atoms with E-state index < -0.39 is 0 Å². The van der Waals surface area contributed by atoms with E-state index in [1.807, 2.05) is 42.5 Å². The number of methoxy groups -OCH3 is 1. The summed E-state index contributed by atoms with van der Waals surface area (Å²) in [5.74, 6) is 0.939. The lowest BCUT2D eigenvalue weighted by molar-refractivity contribution is 0.0993. The van der Waals surface area contributed by atoms with E-state index in [9.17, 15) is 4.79 Å². The molecule has 1 N–H and O–H groups in total. The minimum absolute atomic E-state index is 0.126. The molecule has 4 heteroatoms. The van der Waals surface area contributed by atoms with Gasteiger partial charge in [0, 0.05) is 49.4 Å². The number of ketones is 1. The second-order valence-corrected chi connectivity index (χ2v) is 7.28. The molecule has 1 fully saturated rings. The average molecular weight is 386 g/mol. The topological polar surface area (TPSA) is 41.6 Å². The monoisotopic (exact) mass is 386 g/mol. The summed E-state index contributed by atoms with van der Waals surface area (Å²) in [4.78, 5) is 15.2. The molecule has 29 heavy (non-hydrogen) atoms. The molecule has 0 spiro atoms. The molecule has 4 rings (SSSR count). The van der Waals surface area contributed by atoms with Crippen LogP contribution in [0.5, 0.6) is 5.75 Å². The Bertz CT molecular complexity index is 962. The summed E-state index contributed by atoms with van der Waals surface area (Å²) in [5.41, 5.74) is 5.01. The van der Waals surface area contributed by atoms with Gasteiger partial charge in [-0.1, -0.05) is 36.4 Å². The number of Topliss-reactive ketones (excluding diaryl/α,β-unsaturated/α-hetero) is 1. The standard InChI is InChI=1S/C25H26N2O2/c1-29-25-12-7-19(17-23(25)20-5-3-2-4-6-20)18-24(28)21-8-10-22(11-9-21)27-15-13-26-14-16-27/h2-12,17,26H,13-16,18H2,1H3. The summed E-state index contributed by atoms with van der Waals surface area (Å²) in [6.07, 6.45) is 0.372. The first-order chi connectivity index (χ1) is 14.2. The highest BCUT2D eigenvalue weighted by Gasteiger charge is 2.13. The number of carbonyl (C=O) groups excluding carboxylic acids is 1. The maximum atomic E-state index is 12.8. The Hall–Kier alpha value is -3.11. The van der Waals surface area contributed by atoms with Crippen molar-refractivity contribution in [3.8, 4) is 16.9 Å². The molecule has 0 saturated carbocycles. The van der Waals surface area contributed by atoms with Gasteiger partial charge in [0.25, 0.3) is 0 Å². The van der Waals surface area contributed by atoms with Crippen LogP contribution < -0.4 is 15.0 Å². The number of ether oxygens (including phenoxy) is 1. The highest BCUT2D eigenvalue weighted by molar-refractivity contribution is 5.98. The van der Waals surface area contributed by atoms with Crippen LogP contribution in [0, 0.1) is 0 Å². The molecule has 1 aliphatic rings. The SMILES string of the molecule is COc1ccc(CC(=O)c2ccc(N3CCNCC3)cc2)cc1-c1ccccc1. The van der Waals surface area contributed by atoms with Gasteiger partial charge >= 0.3 is 0 Å². The van der Waals surface area contributed by atoms with Crippen molar-refractivity contribution < 1.29 is 9.53 Å². The quantitative estimate of drug-likeness (QED) is 0.645. The Morgan fingerprint density at radius 3 is 2.38 bits per heavy atom. The van der Waals surface area contributed by atoms with E-state index in [-0.39, 0.29) is 5.78 Å². The normalized spacial score (nSPS) is 13.9. The van der Waals surface area contributed by atoms with Gasteiger partial charge in [-0.2, -0.15) is 0 Å². The van der Waals surface area contributed by atoms with Crippen molar-refractivity contribution in [1.29, 1.82) is 0 Å². The number of nitrogens with one attached hydrogen (secondary N) is 1. The molecule has 0 unspecified atom stereocenters. The van der Waals surface area contributed by atoms with E-state index >= 15 is 0 Å². The molecule has 0 atom stereocenters. The number of rotatable bonds is 6. The molecule has 1 saturated heterocycles. The third kappa shape index (κ3) is 4.49. The summed E-state index contributed by atoms with van der Waals surface area (Å²) >= 11 is 0. The van der Waals surface area contributed by atoms with Crippen LogP contribution >= 0.6 is 0 Å². The minimum Gasteiger partial charge on any atom is -0.496 e. The highest BCUT2D eigenvalue weighted by Crippen LogP contribution is 2.31. The molecule has 0 aromatic heterocycles. The molecule has 0 radical (unpaired) electrons. The molecule has 0 bridgehead atoms. The summed E-state index contributed by atoms with van der Waals surface area (Å²) < 4.78 is 5.52. The molecule has 1 aliphatic heterocycles. The van der Waals surface area contributed by atoms with Crippen LogP contribution in [0.2, 0.25) is 0 Å². The zero-order chi connectivity index (χ0) is 20.1. The minimum atomic E-state index is 0.126. The Morgan fingerprint density at radius 1 is 0.966 bits per heavy atom. The zero-order valence-corrected chi connectivity index (χ0v) is 16.7. The number of piperazine rings is 1. The molecular weight excluding hydrogens is 360 g/mol. The van der Waals surface area contributed by atoms with Crippen LogP contribution in [0.25, 0.3) is 11.1 Å². The first kappa shape index (κ1) is 19.2. The van der Waals surface area contributed by atoms with E-state index in [1.54, 1.807) is 7.11 Å². The number of hydrogen-bond acceptors (Lipinski definition) is 4. The number of anilines is 1. The lowest BCUT2D eigenvalue weighted by Gasteiger charge is -2.29. The van der Waals surface area contributed by atoms with Crippen molar-refractivity contribution in [2.24, 2.45) is 0 Å².